The Labute approximate surface area is 190 Å². The van der Waals surface area contributed by atoms with E-state index in [1.165, 1.54) is 55.6 Å². The standard InChI is InChI=1S/C22H12F6N4O3/c1-34-11-8-5-9-12-15(11)29-19(35-12)14-16(21(23,24)25)30-18-13(10-6-3-2-4-7-10)17(22(26,27)28)31-32(18)20(14)33/h2-9,31H,1H3. The van der Waals surface area contributed by atoms with Crippen molar-refractivity contribution in [3.8, 4) is 28.3 Å². The zero-order valence-electron chi connectivity index (χ0n) is 17.5. The van der Waals surface area contributed by atoms with Crippen molar-refractivity contribution in [1.29, 1.82) is 0 Å². The molecule has 3 heterocycles. The molecule has 180 valence electrons. The zero-order chi connectivity index (χ0) is 25.1. The van der Waals surface area contributed by atoms with E-state index in [9.17, 15) is 31.1 Å². The monoisotopic (exact) mass is 494 g/mol. The summed E-state index contributed by atoms with van der Waals surface area (Å²) in [5, 5.41) is 1.87. The fraction of sp³-hybridized carbons (Fsp3) is 0.136. The van der Waals surface area contributed by atoms with Crippen LogP contribution in [0.1, 0.15) is 11.4 Å². The molecule has 0 atom stereocenters. The molecule has 0 unspecified atom stereocenters. The van der Waals surface area contributed by atoms with Crippen LogP contribution in [-0.4, -0.2) is 26.7 Å². The summed E-state index contributed by atoms with van der Waals surface area (Å²) in [5.74, 6) is -0.612. The predicted molar refractivity (Wildman–Crippen MR) is 111 cm³/mol. The van der Waals surface area contributed by atoms with Crippen molar-refractivity contribution in [2.75, 3.05) is 7.11 Å². The van der Waals surface area contributed by atoms with Gasteiger partial charge in [-0.2, -0.15) is 30.9 Å². The first-order chi connectivity index (χ1) is 16.5. The van der Waals surface area contributed by atoms with Crippen LogP contribution in [0.2, 0.25) is 0 Å². The second-order valence-corrected chi connectivity index (χ2v) is 7.35. The molecule has 0 amide bonds. The van der Waals surface area contributed by atoms with Gasteiger partial charge in [0.15, 0.2) is 22.4 Å². The second kappa shape index (κ2) is 7.61. The first-order valence-electron chi connectivity index (χ1n) is 9.83. The van der Waals surface area contributed by atoms with E-state index in [-0.39, 0.29) is 22.4 Å². The van der Waals surface area contributed by atoms with Crippen molar-refractivity contribution >= 4 is 16.7 Å². The van der Waals surface area contributed by atoms with Gasteiger partial charge in [0, 0.05) is 0 Å². The van der Waals surface area contributed by atoms with Crippen molar-refractivity contribution in [1.82, 2.24) is 19.6 Å². The van der Waals surface area contributed by atoms with Gasteiger partial charge in [-0.25, -0.2) is 9.97 Å². The van der Waals surface area contributed by atoms with Crippen LogP contribution in [0.4, 0.5) is 26.3 Å². The Balaban J connectivity index is 1.91. The van der Waals surface area contributed by atoms with Crippen molar-refractivity contribution in [3.63, 3.8) is 0 Å². The lowest BCUT2D eigenvalue weighted by Crippen LogP contribution is -2.24. The molecule has 5 rings (SSSR count). The number of rotatable bonds is 3. The molecular formula is C22H12F6N4O3. The van der Waals surface area contributed by atoms with E-state index in [0.717, 1.165) is 0 Å². The first kappa shape index (κ1) is 22.5. The molecule has 2 aromatic carbocycles. The number of methoxy groups -OCH3 is 1. The number of hydrogen-bond acceptors (Lipinski definition) is 5. The number of H-pyrrole nitrogens is 1. The Hall–Kier alpha value is -4.29. The van der Waals surface area contributed by atoms with Crippen LogP contribution in [0.25, 0.3) is 39.3 Å². The number of fused-ring (bicyclic) bond motifs is 2. The average Bonchev–Trinajstić information content (AvgIpc) is 3.40. The van der Waals surface area contributed by atoms with Crippen LogP contribution in [0.5, 0.6) is 5.75 Å². The Kier molecular flexibility index (Phi) is 4.90. The maximum Gasteiger partial charge on any atom is 0.434 e. The molecule has 3 aromatic heterocycles. The molecular weight excluding hydrogens is 482 g/mol. The van der Waals surface area contributed by atoms with Crippen molar-refractivity contribution in [2.45, 2.75) is 12.4 Å². The van der Waals surface area contributed by atoms with Crippen LogP contribution < -0.4 is 10.3 Å². The topological polar surface area (TPSA) is 85.4 Å². The normalized spacial score (nSPS) is 12.5. The lowest BCUT2D eigenvalue weighted by atomic mass is 10.1. The Morgan fingerprint density at radius 1 is 0.914 bits per heavy atom. The smallest absolute Gasteiger partial charge is 0.434 e. The van der Waals surface area contributed by atoms with Gasteiger partial charge in [0.05, 0.1) is 12.7 Å². The largest absolute Gasteiger partial charge is 0.494 e. The zero-order valence-corrected chi connectivity index (χ0v) is 17.5. The summed E-state index contributed by atoms with van der Waals surface area (Å²) in [6.07, 6.45) is -10.3. The number of nitrogens with one attached hydrogen (secondary N) is 1. The number of hydrogen-bond donors (Lipinski definition) is 1. The fourth-order valence-corrected chi connectivity index (χ4v) is 3.75. The summed E-state index contributed by atoms with van der Waals surface area (Å²) in [4.78, 5) is 20.7. The molecule has 0 radical (unpaired) electrons. The first-order valence-corrected chi connectivity index (χ1v) is 9.83. The van der Waals surface area contributed by atoms with Crippen molar-refractivity contribution in [2.24, 2.45) is 0 Å². The Morgan fingerprint density at radius 3 is 2.26 bits per heavy atom. The lowest BCUT2D eigenvalue weighted by Gasteiger charge is -2.10. The van der Waals surface area contributed by atoms with Gasteiger partial charge in [0.1, 0.15) is 17.0 Å². The summed E-state index contributed by atoms with van der Waals surface area (Å²) in [6, 6.07) is 11.2. The van der Waals surface area contributed by atoms with Gasteiger partial charge < -0.3 is 9.15 Å². The quantitative estimate of drug-likeness (QED) is 0.333. The van der Waals surface area contributed by atoms with Crippen LogP contribution in [0.3, 0.4) is 0 Å². The van der Waals surface area contributed by atoms with Crippen molar-refractivity contribution in [3.05, 3.63) is 70.3 Å². The fourth-order valence-electron chi connectivity index (χ4n) is 3.75. The predicted octanol–water partition coefficient (Wildman–Crippen LogP) is 5.54. The maximum atomic E-state index is 14.1. The van der Waals surface area contributed by atoms with E-state index in [1.807, 2.05) is 5.10 Å². The highest BCUT2D eigenvalue weighted by Crippen LogP contribution is 2.41. The molecule has 7 nitrogen and oxygen atoms in total. The summed E-state index contributed by atoms with van der Waals surface area (Å²) >= 11 is 0. The number of para-hydroxylation sites is 1. The molecule has 0 fully saturated rings. The van der Waals surface area contributed by atoms with Gasteiger partial charge >= 0.3 is 12.4 Å². The van der Waals surface area contributed by atoms with Crippen LogP contribution in [0, 0.1) is 0 Å². The summed E-state index contributed by atoms with van der Waals surface area (Å²) in [5.41, 5.74) is -7.40. The van der Waals surface area contributed by atoms with Crippen LogP contribution >= 0.6 is 0 Å². The molecule has 0 spiro atoms. The number of alkyl halides is 6. The highest BCUT2D eigenvalue weighted by molar-refractivity contribution is 5.84. The molecule has 0 saturated heterocycles. The van der Waals surface area contributed by atoms with E-state index in [0.29, 0.717) is 4.52 Å². The van der Waals surface area contributed by atoms with Gasteiger partial charge in [-0.3, -0.25) is 9.89 Å². The minimum atomic E-state index is -5.22. The highest BCUT2D eigenvalue weighted by atomic mass is 19.4. The number of aromatic amines is 1. The van der Waals surface area contributed by atoms with Crippen LogP contribution in [-0.2, 0) is 12.4 Å². The number of nitrogens with zero attached hydrogens (tertiary/aromatic N) is 3. The maximum absolute atomic E-state index is 14.1. The van der Waals surface area contributed by atoms with Gasteiger partial charge in [-0.15, -0.1) is 0 Å². The molecule has 0 aliphatic carbocycles. The second-order valence-electron chi connectivity index (χ2n) is 7.35. The van der Waals surface area contributed by atoms with Gasteiger partial charge in [-0.05, 0) is 17.7 Å². The number of ether oxygens (including phenoxy) is 1. The molecule has 0 saturated carbocycles. The molecule has 0 aliphatic rings. The van der Waals surface area contributed by atoms with Crippen LogP contribution in [0.15, 0.2) is 57.7 Å². The third kappa shape index (κ3) is 3.59. The van der Waals surface area contributed by atoms with Gasteiger partial charge in [0.2, 0.25) is 5.89 Å². The van der Waals surface area contributed by atoms with Gasteiger partial charge in [-0.1, -0.05) is 36.4 Å². The highest BCUT2D eigenvalue weighted by Gasteiger charge is 2.43. The number of oxazole rings is 1. The lowest BCUT2D eigenvalue weighted by molar-refractivity contribution is -0.141. The third-order valence-electron chi connectivity index (χ3n) is 5.21. The summed E-state index contributed by atoms with van der Waals surface area (Å²) < 4.78 is 94.6. The Morgan fingerprint density at radius 2 is 1.63 bits per heavy atom. The van der Waals surface area contributed by atoms with Crippen molar-refractivity contribution < 1.29 is 35.5 Å². The number of aromatic nitrogens is 4. The van der Waals surface area contributed by atoms with E-state index >= 15 is 0 Å². The summed E-state index contributed by atoms with van der Waals surface area (Å²) in [7, 11) is 1.30. The minimum absolute atomic E-state index is 0.00409. The molecule has 1 N–H and O–H groups in total. The Bertz CT molecular complexity index is 1630. The molecule has 0 bridgehead atoms. The molecule has 0 aliphatic heterocycles. The van der Waals surface area contributed by atoms with E-state index in [1.54, 1.807) is 0 Å². The third-order valence-corrected chi connectivity index (χ3v) is 5.21. The van der Waals surface area contributed by atoms with E-state index in [2.05, 4.69) is 9.97 Å². The van der Waals surface area contributed by atoms with E-state index < -0.39 is 52.0 Å². The number of halogens is 6. The SMILES string of the molecule is COc1cccc2oc(-c3c(C(F)(F)F)nc4c(-c5ccccc5)c(C(F)(F)F)[nH]n4c3=O)nc12. The molecule has 13 heteroatoms. The number of benzene rings is 2. The molecule has 35 heavy (non-hydrogen) atoms. The van der Waals surface area contributed by atoms with E-state index in [4.69, 9.17) is 9.15 Å². The molecule has 5 aromatic rings. The summed E-state index contributed by atoms with van der Waals surface area (Å²) in [6.45, 7) is 0. The minimum Gasteiger partial charge on any atom is -0.494 e. The average molecular weight is 494 g/mol. The van der Waals surface area contributed by atoms with Gasteiger partial charge in [0.25, 0.3) is 5.56 Å².